The Labute approximate surface area is 215 Å². The van der Waals surface area contributed by atoms with Crippen molar-refractivity contribution >= 4 is 63.3 Å². The summed E-state index contributed by atoms with van der Waals surface area (Å²) in [7, 11) is 0. The summed E-state index contributed by atoms with van der Waals surface area (Å²) in [5.74, 6) is 0.444. The van der Waals surface area contributed by atoms with Gasteiger partial charge in [-0.15, -0.1) is 10.2 Å². The standard InChI is InChI=1S/C21H23Cl2N5O4S2/c1-5-28-18(12(4)32-15-8-7-13(22)9-14(15)23)26-27-21(28)33-10-16(29)25-20-24-11(3)17(34-20)19(30)31-6-2/h7-9,12H,5-6,10H2,1-4H3,(H,24,25,29). The predicted octanol–water partition coefficient (Wildman–Crippen LogP) is 5.42. The van der Waals surface area contributed by atoms with Gasteiger partial charge in [-0.05, 0) is 45.9 Å². The number of aromatic nitrogens is 4. The molecule has 0 fully saturated rings. The Kier molecular flexibility index (Phi) is 9.17. The average molecular weight is 544 g/mol. The van der Waals surface area contributed by atoms with Gasteiger partial charge in [-0.2, -0.15) is 0 Å². The molecular formula is C21H23Cl2N5O4S2. The van der Waals surface area contributed by atoms with Crippen LogP contribution >= 0.6 is 46.3 Å². The topological polar surface area (TPSA) is 108 Å². The summed E-state index contributed by atoms with van der Waals surface area (Å²) in [6.45, 7) is 8.07. The first kappa shape index (κ1) is 26.3. The van der Waals surface area contributed by atoms with Crippen molar-refractivity contribution in [2.24, 2.45) is 0 Å². The number of thioether (sulfide) groups is 1. The Morgan fingerprint density at radius 3 is 2.71 bits per heavy atom. The minimum absolute atomic E-state index is 0.0871. The number of carbonyl (C=O) groups is 2. The Morgan fingerprint density at radius 2 is 2.03 bits per heavy atom. The number of carbonyl (C=O) groups excluding carboxylic acids is 2. The molecule has 3 rings (SSSR count). The van der Waals surface area contributed by atoms with Gasteiger partial charge in [-0.25, -0.2) is 9.78 Å². The zero-order chi connectivity index (χ0) is 24.8. The monoisotopic (exact) mass is 543 g/mol. The predicted molar refractivity (Wildman–Crippen MR) is 133 cm³/mol. The zero-order valence-electron chi connectivity index (χ0n) is 18.9. The summed E-state index contributed by atoms with van der Waals surface area (Å²) in [5, 5.41) is 13.0. The van der Waals surface area contributed by atoms with E-state index in [0.717, 1.165) is 11.3 Å². The van der Waals surface area contributed by atoms with E-state index in [4.69, 9.17) is 32.7 Å². The molecule has 0 spiro atoms. The third-order valence-electron chi connectivity index (χ3n) is 4.46. The van der Waals surface area contributed by atoms with E-state index in [1.54, 1.807) is 32.0 Å². The van der Waals surface area contributed by atoms with Crippen LogP contribution in [0.15, 0.2) is 23.4 Å². The Balaban J connectivity index is 1.62. The van der Waals surface area contributed by atoms with Crippen molar-refractivity contribution in [1.29, 1.82) is 0 Å². The van der Waals surface area contributed by atoms with E-state index in [-0.39, 0.29) is 18.3 Å². The zero-order valence-corrected chi connectivity index (χ0v) is 22.1. The lowest BCUT2D eigenvalue weighted by Gasteiger charge is -2.16. The maximum atomic E-state index is 12.5. The molecule has 0 saturated heterocycles. The van der Waals surface area contributed by atoms with Crippen LogP contribution in [0.3, 0.4) is 0 Å². The molecule has 0 radical (unpaired) electrons. The number of rotatable bonds is 10. The van der Waals surface area contributed by atoms with Crippen LogP contribution in [0.5, 0.6) is 5.75 Å². The molecule has 2 heterocycles. The molecule has 0 bridgehead atoms. The molecule has 2 aromatic heterocycles. The average Bonchev–Trinajstić information content (AvgIpc) is 3.37. The molecule has 1 N–H and O–H groups in total. The number of esters is 1. The van der Waals surface area contributed by atoms with Crippen molar-refractivity contribution in [3.05, 3.63) is 44.6 Å². The first-order chi connectivity index (χ1) is 16.2. The van der Waals surface area contributed by atoms with E-state index in [1.165, 1.54) is 11.8 Å². The maximum absolute atomic E-state index is 12.5. The van der Waals surface area contributed by atoms with Gasteiger partial charge in [0, 0.05) is 11.6 Å². The second kappa shape index (κ2) is 11.9. The Bertz CT molecular complexity index is 1180. The van der Waals surface area contributed by atoms with Crippen molar-refractivity contribution < 1.29 is 19.1 Å². The highest BCUT2D eigenvalue weighted by Gasteiger charge is 2.21. The van der Waals surface area contributed by atoms with Crippen molar-refractivity contribution in [2.45, 2.75) is 45.5 Å². The number of amides is 1. The van der Waals surface area contributed by atoms with Crippen LogP contribution in [-0.2, 0) is 16.1 Å². The number of thiazole rings is 1. The molecule has 0 saturated carbocycles. The lowest BCUT2D eigenvalue weighted by molar-refractivity contribution is -0.113. The molecule has 0 aliphatic rings. The van der Waals surface area contributed by atoms with Gasteiger partial charge in [0.05, 0.1) is 23.1 Å². The molecule has 13 heteroatoms. The summed E-state index contributed by atoms with van der Waals surface area (Å²) in [5.41, 5.74) is 0.511. The van der Waals surface area contributed by atoms with Crippen molar-refractivity contribution in [3.8, 4) is 5.75 Å². The third kappa shape index (κ3) is 6.41. The normalized spacial score (nSPS) is 11.8. The van der Waals surface area contributed by atoms with Crippen molar-refractivity contribution in [3.63, 3.8) is 0 Å². The van der Waals surface area contributed by atoms with Crippen LogP contribution < -0.4 is 10.1 Å². The summed E-state index contributed by atoms with van der Waals surface area (Å²) in [6.07, 6.45) is -0.436. The Morgan fingerprint density at radius 1 is 1.26 bits per heavy atom. The van der Waals surface area contributed by atoms with E-state index in [0.29, 0.717) is 49.0 Å². The fourth-order valence-electron chi connectivity index (χ4n) is 2.94. The van der Waals surface area contributed by atoms with Gasteiger partial charge in [0.25, 0.3) is 0 Å². The third-order valence-corrected chi connectivity index (χ3v) is 7.01. The summed E-state index contributed by atoms with van der Waals surface area (Å²) in [6, 6.07) is 5.00. The molecule has 9 nitrogen and oxygen atoms in total. The number of nitrogens with zero attached hydrogens (tertiary/aromatic N) is 4. The van der Waals surface area contributed by atoms with Crippen molar-refractivity contribution in [2.75, 3.05) is 17.7 Å². The van der Waals surface area contributed by atoms with Gasteiger partial charge in [-0.1, -0.05) is 46.3 Å². The second-order valence-electron chi connectivity index (χ2n) is 6.91. The Hall–Kier alpha value is -2.34. The van der Waals surface area contributed by atoms with Crippen LogP contribution in [0.25, 0.3) is 0 Å². The number of hydrogen-bond donors (Lipinski definition) is 1. The number of ether oxygens (including phenoxy) is 2. The fourth-order valence-corrected chi connectivity index (χ4v) is 5.08. The van der Waals surface area contributed by atoms with Gasteiger partial charge >= 0.3 is 5.97 Å². The van der Waals surface area contributed by atoms with E-state index in [2.05, 4.69) is 20.5 Å². The molecule has 1 unspecified atom stereocenters. The van der Waals surface area contributed by atoms with Crippen LogP contribution in [0, 0.1) is 6.92 Å². The second-order valence-corrected chi connectivity index (χ2v) is 9.70. The molecule has 1 aromatic carbocycles. The molecule has 0 aliphatic heterocycles. The summed E-state index contributed by atoms with van der Waals surface area (Å²) in [4.78, 5) is 29.0. The number of halogens is 2. The maximum Gasteiger partial charge on any atom is 0.350 e. The highest BCUT2D eigenvalue weighted by Crippen LogP contribution is 2.32. The van der Waals surface area contributed by atoms with Gasteiger partial charge in [0.1, 0.15) is 10.6 Å². The van der Waals surface area contributed by atoms with E-state index < -0.39 is 12.1 Å². The molecule has 1 atom stereocenters. The number of aryl methyl sites for hydroxylation is 1. The smallest absolute Gasteiger partial charge is 0.350 e. The number of anilines is 1. The lowest BCUT2D eigenvalue weighted by atomic mass is 10.3. The minimum atomic E-state index is -0.452. The van der Waals surface area contributed by atoms with Gasteiger partial charge in [0.2, 0.25) is 5.91 Å². The highest BCUT2D eigenvalue weighted by atomic mass is 35.5. The minimum Gasteiger partial charge on any atom is -0.481 e. The van der Waals surface area contributed by atoms with Gasteiger partial charge < -0.3 is 19.4 Å². The van der Waals surface area contributed by atoms with Crippen LogP contribution in [0.4, 0.5) is 5.13 Å². The lowest BCUT2D eigenvalue weighted by Crippen LogP contribution is -2.15. The first-order valence-corrected chi connectivity index (χ1v) is 12.9. The molecule has 3 aromatic rings. The van der Waals surface area contributed by atoms with Crippen LogP contribution in [0.1, 0.15) is 48.1 Å². The number of hydrogen-bond acceptors (Lipinski definition) is 9. The van der Waals surface area contributed by atoms with Crippen molar-refractivity contribution in [1.82, 2.24) is 19.7 Å². The van der Waals surface area contributed by atoms with E-state index >= 15 is 0 Å². The SMILES string of the molecule is CCOC(=O)c1sc(NC(=O)CSc2nnc(C(C)Oc3ccc(Cl)cc3Cl)n2CC)nc1C. The van der Waals surface area contributed by atoms with Crippen LogP contribution in [-0.4, -0.2) is 44.0 Å². The number of benzene rings is 1. The highest BCUT2D eigenvalue weighted by molar-refractivity contribution is 7.99. The molecule has 0 aliphatic carbocycles. The van der Waals surface area contributed by atoms with Crippen LogP contribution in [0.2, 0.25) is 10.0 Å². The van der Waals surface area contributed by atoms with Gasteiger partial charge in [-0.3, -0.25) is 4.79 Å². The summed E-state index contributed by atoms with van der Waals surface area (Å²) < 4.78 is 12.8. The number of nitrogens with one attached hydrogen (secondary N) is 1. The molecule has 182 valence electrons. The van der Waals surface area contributed by atoms with E-state index in [9.17, 15) is 9.59 Å². The largest absolute Gasteiger partial charge is 0.481 e. The quantitative estimate of drug-likeness (QED) is 0.266. The van der Waals surface area contributed by atoms with E-state index in [1.807, 2.05) is 18.4 Å². The molecular weight excluding hydrogens is 521 g/mol. The molecule has 34 heavy (non-hydrogen) atoms. The van der Waals surface area contributed by atoms with Gasteiger partial charge in [0.15, 0.2) is 22.2 Å². The first-order valence-electron chi connectivity index (χ1n) is 10.3. The fraction of sp³-hybridized carbons (Fsp3) is 0.381. The summed E-state index contributed by atoms with van der Waals surface area (Å²) >= 11 is 14.5. The molecule has 1 amide bonds.